The van der Waals surface area contributed by atoms with Crippen LogP contribution in [0.3, 0.4) is 0 Å². The average Bonchev–Trinajstić information content (AvgIpc) is 2.61. The molecule has 1 amide bonds. The van der Waals surface area contributed by atoms with Crippen LogP contribution in [0, 0.1) is 0 Å². The quantitative estimate of drug-likeness (QED) is 0.802. The minimum absolute atomic E-state index is 0.138. The molecule has 5 nitrogen and oxygen atoms in total. The fourth-order valence-corrected chi connectivity index (χ4v) is 2.12. The minimum Gasteiger partial charge on any atom is -0.354 e. The number of rotatable bonds is 1. The van der Waals surface area contributed by atoms with Crippen LogP contribution in [-0.4, -0.2) is 51.1 Å². The number of hydrogen-bond acceptors (Lipinski definition) is 4. The minimum atomic E-state index is 0.138. The van der Waals surface area contributed by atoms with Gasteiger partial charge in [-0.2, -0.15) is 0 Å². The van der Waals surface area contributed by atoms with Crippen LogP contribution in [0.15, 0.2) is 28.7 Å². The Morgan fingerprint density at radius 2 is 1.70 bits per heavy atom. The summed E-state index contributed by atoms with van der Waals surface area (Å²) in [6.45, 7) is 12.5. The standard InChI is InChI=1S/C8H9Br.C5H10N2O.C2H6.2CH2O/c1-2-7-5-3-4-6-8(7)9;1-7-3-2-6-5(8)4-7;3*1-2/h3-6H,2H2,1H3;2-4H2,1H3,(H,6,8);1-2H3;2*1H2. The highest BCUT2D eigenvalue weighted by atomic mass is 79.9. The molecular formula is C17H29BrN2O3. The highest BCUT2D eigenvalue weighted by molar-refractivity contribution is 9.10. The van der Waals surface area contributed by atoms with Crippen LogP contribution < -0.4 is 5.32 Å². The number of carbonyl (C=O) groups excluding carboxylic acids is 3. The van der Waals surface area contributed by atoms with Crippen molar-refractivity contribution in [3.8, 4) is 0 Å². The first-order valence-corrected chi connectivity index (χ1v) is 8.19. The molecule has 1 aliphatic heterocycles. The predicted molar refractivity (Wildman–Crippen MR) is 99.6 cm³/mol. The molecule has 132 valence electrons. The van der Waals surface area contributed by atoms with Crippen LogP contribution in [0.1, 0.15) is 26.3 Å². The lowest BCUT2D eigenvalue weighted by atomic mass is 10.2. The number of benzene rings is 1. The molecule has 0 atom stereocenters. The van der Waals surface area contributed by atoms with E-state index in [1.54, 1.807) is 0 Å². The van der Waals surface area contributed by atoms with E-state index in [2.05, 4.69) is 46.4 Å². The molecular weight excluding hydrogens is 360 g/mol. The first-order valence-electron chi connectivity index (χ1n) is 7.40. The van der Waals surface area contributed by atoms with Gasteiger partial charge < -0.3 is 14.9 Å². The molecule has 1 saturated heterocycles. The number of carbonyl (C=O) groups is 3. The lowest BCUT2D eigenvalue weighted by Gasteiger charge is -2.21. The van der Waals surface area contributed by atoms with Crippen LogP contribution in [0.5, 0.6) is 0 Å². The largest absolute Gasteiger partial charge is 0.354 e. The third-order valence-corrected chi connectivity index (χ3v) is 3.34. The fourth-order valence-electron chi connectivity index (χ4n) is 1.55. The van der Waals surface area contributed by atoms with E-state index in [0.717, 1.165) is 19.5 Å². The summed E-state index contributed by atoms with van der Waals surface area (Å²) in [5.41, 5.74) is 1.37. The van der Waals surface area contributed by atoms with Gasteiger partial charge in [0.25, 0.3) is 0 Å². The van der Waals surface area contributed by atoms with Gasteiger partial charge in [0.2, 0.25) is 5.91 Å². The van der Waals surface area contributed by atoms with E-state index in [4.69, 9.17) is 9.59 Å². The van der Waals surface area contributed by atoms with Crippen molar-refractivity contribution >= 4 is 35.4 Å². The van der Waals surface area contributed by atoms with Crippen molar-refractivity contribution in [1.82, 2.24) is 10.2 Å². The van der Waals surface area contributed by atoms with Crippen molar-refractivity contribution in [3.05, 3.63) is 34.3 Å². The molecule has 0 aliphatic carbocycles. The van der Waals surface area contributed by atoms with E-state index >= 15 is 0 Å². The summed E-state index contributed by atoms with van der Waals surface area (Å²) in [5, 5.41) is 2.73. The van der Waals surface area contributed by atoms with Crippen molar-refractivity contribution in [1.29, 1.82) is 0 Å². The van der Waals surface area contributed by atoms with E-state index in [1.165, 1.54) is 10.0 Å². The zero-order valence-corrected chi connectivity index (χ0v) is 16.2. The van der Waals surface area contributed by atoms with Gasteiger partial charge in [-0.05, 0) is 25.1 Å². The van der Waals surface area contributed by atoms with Crippen molar-refractivity contribution < 1.29 is 14.4 Å². The molecule has 23 heavy (non-hydrogen) atoms. The molecule has 0 saturated carbocycles. The lowest BCUT2D eigenvalue weighted by molar-refractivity contribution is -0.123. The molecule has 0 bridgehead atoms. The van der Waals surface area contributed by atoms with Gasteiger partial charge in [0, 0.05) is 17.6 Å². The number of hydrogen-bond donors (Lipinski definition) is 1. The Bertz CT molecular complexity index is 401. The second-order valence-electron chi connectivity index (χ2n) is 4.03. The maximum atomic E-state index is 10.5. The molecule has 1 aliphatic rings. The van der Waals surface area contributed by atoms with Crippen LogP contribution in [0.2, 0.25) is 0 Å². The Morgan fingerprint density at radius 1 is 1.17 bits per heavy atom. The number of amides is 1. The number of halogens is 1. The van der Waals surface area contributed by atoms with E-state index in [9.17, 15) is 4.79 Å². The van der Waals surface area contributed by atoms with E-state index in [1.807, 2.05) is 45.4 Å². The molecule has 0 aromatic heterocycles. The van der Waals surface area contributed by atoms with Gasteiger partial charge in [0.15, 0.2) is 0 Å². The Morgan fingerprint density at radius 3 is 2.00 bits per heavy atom. The molecule has 1 N–H and O–H groups in total. The summed E-state index contributed by atoms with van der Waals surface area (Å²) in [4.78, 5) is 28.5. The molecule has 1 aromatic rings. The molecule has 0 unspecified atom stereocenters. The first-order chi connectivity index (χ1) is 11.1. The Balaban J connectivity index is -0.000000264. The maximum absolute atomic E-state index is 10.5. The highest BCUT2D eigenvalue weighted by Gasteiger charge is 2.10. The van der Waals surface area contributed by atoms with Crippen LogP contribution in [-0.2, 0) is 20.8 Å². The molecule has 1 heterocycles. The smallest absolute Gasteiger partial charge is 0.234 e. The van der Waals surface area contributed by atoms with Gasteiger partial charge in [-0.1, -0.05) is 54.9 Å². The summed E-state index contributed by atoms with van der Waals surface area (Å²) < 4.78 is 1.22. The van der Waals surface area contributed by atoms with E-state index in [0.29, 0.717) is 6.54 Å². The zero-order chi connectivity index (χ0) is 18.7. The normalized spacial score (nSPS) is 12.3. The SMILES string of the molecule is C=O.C=O.CC.CCc1ccccc1Br.CN1CCNC(=O)C1. The van der Waals surface area contributed by atoms with Crippen LogP contribution in [0.4, 0.5) is 0 Å². The van der Waals surface area contributed by atoms with Crippen LogP contribution >= 0.6 is 15.9 Å². The van der Waals surface area contributed by atoms with Crippen molar-refractivity contribution in [2.75, 3.05) is 26.7 Å². The third-order valence-electron chi connectivity index (χ3n) is 2.57. The highest BCUT2D eigenvalue weighted by Crippen LogP contribution is 2.15. The molecule has 0 spiro atoms. The van der Waals surface area contributed by atoms with Gasteiger partial charge >= 0.3 is 0 Å². The molecule has 1 aromatic carbocycles. The number of nitrogens with zero attached hydrogens (tertiary/aromatic N) is 1. The summed E-state index contributed by atoms with van der Waals surface area (Å²) in [6.07, 6.45) is 1.10. The molecule has 6 heteroatoms. The van der Waals surface area contributed by atoms with E-state index in [-0.39, 0.29) is 5.91 Å². The van der Waals surface area contributed by atoms with Crippen molar-refractivity contribution in [3.63, 3.8) is 0 Å². The number of piperazine rings is 1. The fraction of sp³-hybridized carbons (Fsp3) is 0.471. The summed E-state index contributed by atoms with van der Waals surface area (Å²) >= 11 is 3.46. The van der Waals surface area contributed by atoms with Gasteiger partial charge in [0.1, 0.15) is 13.6 Å². The summed E-state index contributed by atoms with van der Waals surface area (Å²) in [7, 11) is 1.94. The second kappa shape index (κ2) is 20.5. The zero-order valence-electron chi connectivity index (χ0n) is 14.6. The first kappa shape index (κ1) is 26.4. The van der Waals surface area contributed by atoms with Gasteiger partial charge in [-0.15, -0.1) is 0 Å². The number of likely N-dealkylation sites (N-methyl/N-ethyl adjacent to an activating group) is 1. The predicted octanol–water partition coefficient (Wildman–Crippen LogP) is 2.72. The van der Waals surface area contributed by atoms with Gasteiger partial charge in [-0.25, -0.2) is 0 Å². The van der Waals surface area contributed by atoms with Crippen molar-refractivity contribution in [2.24, 2.45) is 0 Å². The molecule has 1 fully saturated rings. The number of aryl methyl sites for hydroxylation is 1. The van der Waals surface area contributed by atoms with Crippen LogP contribution in [0.25, 0.3) is 0 Å². The summed E-state index contributed by atoms with van der Waals surface area (Å²) in [6, 6.07) is 8.29. The maximum Gasteiger partial charge on any atom is 0.234 e. The molecule has 2 rings (SSSR count). The summed E-state index contributed by atoms with van der Waals surface area (Å²) in [5.74, 6) is 0.138. The Hall–Kier alpha value is -1.53. The third kappa shape index (κ3) is 15.1. The monoisotopic (exact) mass is 388 g/mol. The molecule has 0 radical (unpaired) electrons. The lowest BCUT2D eigenvalue weighted by Crippen LogP contribution is -2.45. The second-order valence-corrected chi connectivity index (χ2v) is 4.89. The topological polar surface area (TPSA) is 66.5 Å². The van der Waals surface area contributed by atoms with Gasteiger partial charge in [0.05, 0.1) is 6.54 Å². The number of nitrogens with one attached hydrogen (secondary N) is 1. The van der Waals surface area contributed by atoms with E-state index < -0.39 is 0 Å². The van der Waals surface area contributed by atoms with Gasteiger partial charge in [-0.3, -0.25) is 9.69 Å². The van der Waals surface area contributed by atoms with Crippen molar-refractivity contribution in [2.45, 2.75) is 27.2 Å². The Kier molecular flexibility index (Phi) is 23.5. The Labute approximate surface area is 148 Å². The average molecular weight is 389 g/mol.